The molecule has 2 nitrogen and oxygen atoms in total. The second kappa shape index (κ2) is 19.5. The van der Waals surface area contributed by atoms with E-state index in [-0.39, 0.29) is 16.5 Å². The topological polar surface area (TPSA) is 24.7 Å². The summed E-state index contributed by atoms with van der Waals surface area (Å²) in [4.78, 5) is 10.4. The van der Waals surface area contributed by atoms with Crippen LogP contribution in [0.4, 0.5) is 11.4 Å². The third-order valence-electron chi connectivity index (χ3n) is 6.33. The van der Waals surface area contributed by atoms with Crippen LogP contribution in [0.3, 0.4) is 0 Å². The van der Waals surface area contributed by atoms with E-state index in [1.54, 1.807) is 0 Å². The molecule has 0 bridgehead atoms. The van der Waals surface area contributed by atoms with Gasteiger partial charge in [0.15, 0.2) is 0 Å². The van der Waals surface area contributed by atoms with Crippen molar-refractivity contribution in [3.05, 3.63) is 59.7 Å². The predicted molar refractivity (Wildman–Crippen MR) is 153 cm³/mol. The monoisotopic (exact) mass is 518 g/mol. The smallest absolute Gasteiger partial charge is 0.0639 e. The molecule has 0 N–H and O–H groups in total. The molecule has 35 heavy (non-hydrogen) atoms. The Kier molecular flexibility index (Phi) is 17.4. The summed E-state index contributed by atoms with van der Waals surface area (Å²) in [5, 5.41) is 0. The molecule has 2 rings (SSSR count). The fraction of sp³-hybridized carbons (Fsp3) is 0.562. The molecule has 0 unspecified atom stereocenters. The van der Waals surface area contributed by atoms with Gasteiger partial charge >= 0.3 is 0 Å². The second-order valence-corrected chi connectivity index (χ2v) is 9.58. The average Bonchev–Trinajstić information content (AvgIpc) is 2.85. The molecular weight excluding hydrogens is 471 g/mol. The van der Waals surface area contributed by atoms with Crippen molar-refractivity contribution >= 4 is 22.8 Å². The third-order valence-corrected chi connectivity index (χ3v) is 6.33. The quantitative estimate of drug-likeness (QED) is 0.113. The molecule has 0 saturated heterocycles. The Morgan fingerprint density at radius 3 is 1.46 bits per heavy atom. The first-order valence-electron chi connectivity index (χ1n) is 14.0. The number of aryl methyl sites for hydroxylation is 2. The van der Waals surface area contributed by atoms with Crippen molar-refractivity contribution in [3.63, 3.8) is 0 Å². The van der Waals surface area contributed by atoms with Crippen LogP contribution in [0.5, 0.6) is 0 Å². The van der Waals surface area contributed by atoms with Crippen molar-refractivity contribution in [1.82, 2.24) is 0 Å². The van der Waals surface area contributed by atoms with Gasteiger partial charge in [0.1, 0.15) is 0 Å². The summed E-state index contributed by atoms with van der Waals surface area (Å²) in [7, 11) is 0. The van der Waals surface area contributed by atoms with E-state index in [1.165, 1.54) is 73.9 Å². The van der Waals surface area contributed by atoms with Gasteiger partial charge in [0.2, 0.25) is 0 Å². The maximum Gasteiger partial charge on any atom is 0.0639 e. The van der Waals surface area contributed by atoms with Crippen LogP contribution in [0.2, 0.25) is 0 Å². The second-order valence-electron chi connectivity index (χ2n) is 9.58. The maximum absolute atomic E-state index is 5.31. The molecule has 2 aromatic rings. The van der Waals surface area contributed by atoms with Gasteiger partial charge in [-0.1, -0.05) is 90.5 Å². The zero-order valence-electron chi connectivity index (χ0n) is 22.7. The molecule has 0 fully saturated rings. The van der Waals surface area contributed by atoms with Crippen LogP contribution in [0.1, 0.15) is 116 Å². The Morgan fingerprint density at radius 2 is 1.00 bits per heavy atom. The number of aliphatic imine (C=N–C) groups is 2. The minimum atomic E-state index is 0. The molecule has 3 heteroatoms. The fourth-order valence-electron chi connectivity index (χ4n) is 4.29. The van der Waals surface area contributed by atoms with Gasteiger partial charge in [0.05, 0.1) is 22.8 Å². The first-order valence-corrected chi connectivity index (χ1v) is 14.0. The van der Waals surface area contributed by atoms with Crippen molar-refractivity contribution in [2.45, 2.75) is 118 Å². The number of unbranched alkanes of at least 4 members (excludes halogenated alkanes) is 6. The summed E-state index contributed by atoms with van der Waals surface area (Å²) in [6.45, 7) is 9.07. The van der Waals surface area contributed by atoms with Crippen LogP contribution in [0, 0.1) is 0 Å². The summed E-state index contributed by atoms with van der Waals surface area (Å²) in [5.74, 6) is 0. The summed E-state index contributed by atoms with van der Waals surface area (Å²) in [5.41, 5.74) is 7.42. The molecule has 0 aromatic heterocycles. The Labute approximate surface area is 226 Å². The Hall–Kier alpha value is -1.73. The first-order chi connectivity index (χ1) is 16.7. The molecule has 0 heterocycles. The van der Waals surface area contributed by atoms with E-state index in [0.29, 0.717) is 0 Å². The van der Waals surface area contributed by atoms with Gasteiger partial charge in [-0.25, -0.2) is 0 Å². The molecule has 0 aliphatic rings. The minimum Gasteiger partial charge on any atom is -0.252 e. The number of para-hydroxylation sites is 1. The van der Waals surface area contributed by atoms with Crippen molar-refractivity contribution in [1.29, 1.82) is 0 Å². The fourth-order valence-corrected chi connectivity index (χ4v) is 4.29. The molecule has 0 atom stereocenters. The Morgan fingerprint density at radius 1 is 0.543 bits per heavy atom. The first kappa shape index (κ1) is 31.3. The normalized spacial score (nSPS) is 12.0. The number of benzene rings is 2. The van der Waals surface area contributed by atoms with Gasteiger partial charge in [-0.15, -0.1) is 0 Å². The van der Waals surface area contributed by atoms with E-state index >= 15 is 0 Å². The molecule has 0 aliphatic heterocycles. The van der Waals surface area contributed by atoms with Crippen molar-refractivity contribution < 1.29 is 16.5 Å². The molecule has 0 radical (unpaired) electrons. The van der Waals surface area contributed by atoms with E-state index in [0.717, 1.165) is 49.9 Å². The molecule has 0 aliphatic carbocycles. The van der Waals surface area contributed by atoms with Crippen LogP contribution < -0.4 is 0 Å². The van der Waals surface area contributed by atoms with Gasteiger partial charge in [-0.2, -0.15) is 0 Å². The summed E-state index contributed by atoms with van der Waals surface area (Å²) in [6.07, 6.45) is 16.6. The zero-order chi connectivity index (χ0) is 24.4. The van der Waals surface area contributed by atoms with E-state index in [4.69, 9.17) is 9.98 Å². The molecule has 0 spiro atoms. The van der Waals surface area contributed by atoms with Crippen molar-refractivity contribution in [2.24, 2.45) is 9.98 Å². The average molecular weight is 519 g/mol. The van der Waals surface area contributed by atoms with Crippen molar-refractivity contribution in [3.8, 4) is 0 Å². The number of rotatable bonds is 17. The third kappa shape index (κ3) is 12.7. The minimum absolute atomic E-state index is 0. The number of nitrogens with zero attached hydrogens (tertiary/aromatic N) is 2. The molecular formula is C32H48N2Ni. The molecule has 0 saturated carbocycles. The van der Waals surface area contributed by atoms with Gasteiger partial charge in [0, 0.05) is 16.5 Å². The van der Waals surface area contributed by atoms with Gasteiger partial charge < -0.3 is 0 Å². The summed E-state index contributed by atoms with van der Waals surface area (Å²) < 4.78 is 0. The zero-order valence-corrected chi connectivity index (χ0v) is 23.7. The van der Waals surface area contributed by atoms with E-state index in [2.05, 4.69) is 76.2 Å². The van der Waals surface area contributed by atoms with Crippen LogP contribution in [0.25, 0.3) is 0 Å². The molecule has 196 valence electrons. The van der Waals surface area contributed by atoms with Crippen molar-refractivity contribution in [2.75, 3.05) is 0 Å². The van der Waals surface area contributed by atoms with E-state index < -0.39 is 0 Å². The number of hydrogen-bond acceptors (Lipinski definition) is 2. The van der Waals surface area contributed by atoms with E-state index in [9.17, 15) is 0 Å². The van der Waals surface area contributed by atoms with Gasteiger partial charge in [0.25, 0.3) is 0 Å². The standard InChI is InChI=1S/C32H48N2.Ni/c1-5-9-14-18-27-24-28(19-15-10-6-2)26-30(25-27)34-32(23-12-8-4)31(22-11-7-3)33-29-20-16-13-17-21-29;/h13,16-17,20-21,24-26H,5-12,14-15,18-19,22-23H2,1-4H3;. The van der Waals surface area contributed by atoms with E-state index in [1.807, 2.05) is 0 Å². The molecule has 2 aromatic carbocycles. The summed E-state index contributed by atoms with van der Waals surface area (Å²) >= 11 is 0. The SMILES string of the molecule is CCCCCc1cc(CCCCC)cc(N=C(CCCC)C(CCCC)=Nc2ccccc2)c1.[Ni]. The predicted octanol–water partition coefficient (Wildman–Crippen LogP) is 10.4. The maximum atomic E-state index is 5.31. The van der Waals surface area contributed by atoms with Crippen LogP contribution in [-0.2, 0) is 29.3 Å². The molecule has 0 amide bonds. The number of hydrogen-bond donors (Lipinski definition) is 0. The Bertz CT molecular complexity index is 842. The summed E-state index contributed by atoms with van der Waals surface area (Å²) in [6, 6.07) is 17.5. The van der Waals surface area contributed by atoms with Gasteiger partial charge in [-0.05, 0) is 86.8 Å². The van der Waals surface area contributed by atoms with Crippen LogP contribution in [-0.4, -0.2) is 11.4 Å². The van der Waals surface area contributed by atoms with Crippen LogP contribution >= 0.6 is 0 Å². The Balaban J connectivity index is 0.00000612. The largest absolute Gasteiger partial charge is 0.252 e. The van der Waals surface area contributed by atoms with Gasteiger partial charge in [-0.3, -0.25) is 9.98 Å². The van der Waals surface area contributed by atoms with Crippen LogP contribution in [0.15, 0.2) is 58.5 Å².